The van der Waals surface area contributed by atoms with Gasteiger partial charge < -0.3 is 15.5 Å². The molecule has 0 aliphatic rings. The lowest BCUT2D eigenvalue weighted by Crippen LogP contribution is -1.93. The van der Waals surface area contributed by atoms with Crippen molar-refractivity contribution in [2.24, 2.45) is 0 Å². The van der Waals surface area contributed by atoms with Gasteiger partial charge in [-0.15, -0.1) is 0 Å². The summed E-state index contributed by atoms with van der Waals surface area (Å²) in [6, 6.07) is 4.50. The zero-order valence-corrected chi connectivity index (χ0v) is 7.99. The van der Waals surface area contributed by atoms with Gasteiger partial charge in [-0.2, -0.15) is 0 Å². The number of benzene rings is 1. The molecule has 0 bridgehead atoms. The Labute approximate surface area is 85.1 Å². The van der Waals surface area contributed by atoms with Gasteiger partial charge in [0.1, 0.15) is 5.82 Å². The minimum absolute atomic E-state index is 0.0164. The highest BCUT2D eigenvalue weighted by molar-refractivity contribution is 5.57. The Morgan fingerprint density at radius 2 is 2.20 bits per heavy atom. The topological polar surface area (TPSA) is 77.0 Å². The van der Waals surface area contributed by atoms with Crippen LogP contribution < -0.4 is 11.1 Å². The lowest BCUT2D eigenvalue weighted by molar-refractivity contribution is 0.593. The van der Waals surface area contributed by atoms with E-state index in [0.29, 0.717) is 5.69 Å². The molecule has 0 atom stereocenters. The zero-order valence-electron chi connectivity index (χ0n) is 7.99. The molecule has 1 aromatic carbocycles. The zero-order chi connectivity index (χ0) is 10.8. The first-order valence-electron chi connectivity index (χ1n) is 4.27. The monoisotopic (exact) mass is 208 g/mol. The molecule has 5 nitrogen and oxygen atoms in total. The third-order valence-corrected chi connectivity index (χ3v) is 1.87. The first-order valence-corrected chi connectivity index (χ1v) is 4.27. The molecular weight excluding hydrogens is 199 g/mol. The molecule has 2 aromatic rings. The van der Waals surface area contributed by atoms with E-state index in [0.717, 1.165) is 5.56 Å². The smallest absolute Gasteiger partial charge is 0.321 e. The number of halogens is 1. The summed E-state index contributed by atoms with van der Waals surface area (Å²) in [5, 5.41) is 9.95. The molecule has 0 fully saturated rings. The largest absolute Gasteiger partial charge is 0.389 e. The van der Waals surface area contributed by atoms with Crippen LogP contribution in [0, 0.1) is 12.7 Å². The van der Waals surface area contributed by atoms with Crippen LogP contribution in [0.4, 0.5) is 22.1 Å². The molecule has 0 spiro atoms. The van der Waals surface area contributed by atoms with Gasteiger partial charge in [0, 0.05) is 5.69 Å². The van der Waals surface area contributed by atoms with Crippen molar-refractivity contribution in [3.05, 3.63) is 29.6 Å². The van der Waals surface area contributed by atoms with E-state index < -0.39 is 0 Å². The maximum Gasteiger partial charge on any atom is 0.321 e. The van der Waals surface area contributed by atoms with Crippen molar-refractivity contribution < 1.29 is 8.81 Å². The standard InChI is InChI=1S/C9H9FN4O/c1-5-4-6(10)2-3-7(5)12-9-14-13-8(11)15-9/h2-4H,1H3,(H2,11,13)(H,12,14). The Hall–Kier alpha value is -2.11. The van der Waals surface area contributed by atoms with Gasteiger partial charge in [0.25, 0.3) is 0 Å². The first-order chi connectivity index (χ1) is 7.15. The second-order valence-corrected chi connectivity index (χ2v) is 3.03. The maximum absolute atomic E-state index is 12.8. The summed E-state index contributed by atoms with van der Waals surface area (Å²) in [6.07, 6.45) is 0. The summed E-state index contributed by atoms with van der Waals surface area (Å²) >= 11 is 0. The summed E-state index contributed by atoms with van der Waals surface area (Å²) in [7, 11) is 0. The molecule has 15 heavy (non-hydrogen) atoms. The van der Waals surface area contributed by atoms with E-state index in [1.807, 2.05) is 0 Å². The van der Waals surface area contributed by atoms with E-state index in [1.165, 1.54) is 12.1 Å². The molecule has 0 saturated carbocycles. The fourth-order valence-corrected chi connectivity index (χ4v) is 1.17. The van der Waals surface area contributed by atoms with Crippen molar-refractivity contribution in [3.63, 3.8) is 0 Å². The van der Waals surface area contributed by atoms with Crippen LogP contribution >= 0.6 is 0 Å². The number of hydrogen-bond donors (Lipinski definition) is 2. The van der Waals surface area contributed by atoms with E-state index in [1.54, 1.807) is 13.0 Å². The molecule has 0 aliphatic carbocycles. The van der Waals surface area contributed by atoms with Crippen LogP contribution in [-0.2, 0) is 0 Å². The third kappa shape index (κ3) is 2.04. The van der Waals surface area contributed by atoms with Gasteiger partial charge in [0.15, 0.2) is 0 Å². The van der Waals surface area contributed by atoms with Crippen LogP contribution in [0.15, 0.2) is 22.6 Å². The fraction of sp³-hybridized carbons (Fsp3) is 0.111. The minimum atomic E-state index is -0.289. The molecule has 3 N–H and O–H groups in total. The molecule has 0 aliphatic heterocycles. The number of nitrogens with zero attached hydrogens (tertiary/aromatic N) is 2. The lowest BCUT2D eigenvalue weighted by Gasteiger charge is -2.04. The summed E-state index contributed by atoms with van der Waals surface area (Å²) in [6.45, 7) is 1.77. The van der Waals surface area contributed by atoms with E-state index in [4.69, 9.17) is 10.2 Å². The number of nitrogen functional groups attached to an aromatic ring is 1. The highest BCUT2D eigenvalue weighted by Gasteiger charge is 2.05. The number of hydrogen-bond acceptors (Lipinski definition) is 5. The number of nitrogens with one attached hydrogen (secondary N) is 1. The van der Waals surface area contributed by atoms with E-state index in [9.17, 15) is 4.39 Å². The third-order valence-electron chi connectivity index (χ3n) is 1.87. The highest BCUT2D eigenvalue weighted by atomic mass is 19.1. The quantitative estimate of drug-likeness (QED) is 0.787. The maximum atomic E-state index is 12.8. The molecule has 6 heteroatoms. The van der Waals surface area contributed by atoms with Gasteiger partial charge in [-0.3, -0.25) is 0 Å². The number of rotatable bonds is 2. The summed E-state index contributed by atoms with van der Waals surface area (Å²) < 4.78 is 17.7. The summed E-state index contributed by atoms with van der Waals surface area (Å²) in [4.78, 5) is 0. The van der Waals surface area contributed by atoms with Crippen molar-refractivity contribution in [2.45, 2.75) is 6.92 Å². The van der Waals surface area contributed by atoms with Gasteiger partial charge in [-0.1, -0.05) is 10.2 Å². The Balaban J connectivity index is 2.24. The van der Waals surface area contributed by atoms with E-state index in [2.05, 4.69) is 15.5 Å². The number of aromatic nitrogens is 2. The number of anilines is 3. The Morgan fingerprint density at radius 1 is 1.40 bits per heavy atom. The van der Waals surface area contributed by atoms with Crippen molar-refractivity contribution >= 4 is 17.7 Å². The van der Waals surface area contributed by atoms with Crippen LogP contribution in [0.25, 0.3) is 0 Å². The molecule has 1 aromatic heterocycles. The summed E-state index contributed by atoms with van der Waals surface area (Å²) in [5.41, 5.74) is 6.69. The number of aryl methyl sites for hydroxylation is 1. The van der Waals surface area contributed by atoms with Gasteiger partial charge in [0.05, 0.1) is 0 Å². The van der Waals surface area contributed by atoms with Gasteiger partial charge >= 0.3 is 12.0 Å². The fourth-order valence-electron chi connectivity index (χ4n) is 1.17. The molecule has 0 unspecified atom stereocenters. The second-order valence-electron chi connectivity index (χ2n) is 3.03. The van der Waals surface area contributed by atoms with Crippen molar-refractivity contribution in [2.75, 3.05) is 11.1 Å². The predicted molar refractivity (Wildman–Crippen MR) is 53.1 cm³/mol. The highest BCUT2D eigenvalue weighted by Crippen LogP contribution is 2.20. The molecule has 0 radical (unpaired) electrons. The Kier molecular flexibility index (Phi) is 2.24. The molecule has 78 valence electrons. The SMILES string of the molecule is Cc1cc(F)ccc1Nc1nnc(N)o1. The second kappa shape index (κ2) is 3.56. The molecule has 0 saturated heterocycles. The number of nitrogens with two attached hydrogens (primary N) is 1. The van der Waals surface area contributed by atoms with Crippen LogP contribution in [0.5, 0.6) is 0 Å². The minimum Gasteiger partial charge on any atom is -0.389 e. The molecule has 1 heterocycles. The van der Waals surface area contributed by atoms with Crippen LogP contribution in [0.2, 0.25) is 0 Å². The van der Waals surface area contributed by atoms with Crippen molar-refractivity contribution in [1.82, 2.24) is 10.2 Å². The van der Waals surface area contributed by atoms with Gasteiger partial charge in [-0.25, -0.2) is 4.39 Å². The van der Waals surface area contributed by atoms with Crippen LogP contribution in [0.3, 0.4) is 0 Å². The lowest BCUT2D eigenvalue weighted by atomic mass is 10.2. The average molecular weight is 208 g/mol. The van der Waals surface area contributed by atoms with E-state index >= 15 is 0 Å². The van der Waals surface area contributed by atoms with Gasteiger partial charge in [-0.05, 0) is 30.7 Å². The molecular formula is C9H9FN4O. The van der Waals surface area contributed by atoms with Crippen molar-refractivity contribution in [1.29, 1.82) is 0 Å². The molecule has 0 amide bonds. The summed E-state index contributed by atoms with van der Waals surface area (Å²) in [5.74, 6) is -0.289. The van der Waals surface area contributed by atoms with Gasteiger partial charge in [0.2, 0.25) is 0 Å². The first kappa shape index (κ1) is 9.45. The van der Waals surface area contributed by atoms with E-state index in [-0.39, 0.29) is 17.8 Å². The van der Waals surface area contributed by atoms with Crippen LogP contribution in [0.1, 0.15) is 5.56 Å². The van der Waals surface area contributed by atoms with Crippen molar-refractivity contribution in [3.8, 4) is 0 Å². The Bertz CT molecular complexity index is 483. The Morgan fingerprint density at radius 3 is 2.80 bits per heavy atom. The molecule has 2 rings (SSSR count). The van der Waals surface area contributed by atoms with Crippen LogP contribution in [-0.4, -0.2) is 10.2 Å². The normalized spacial score (nSPS) is 10.3. The predicted octanol–water partition coefficient (Wildman–Crippen LogP) is 1.84. The average Bonchev–Trinajstić information content (AvgIpc) is 2.56.